The molecular weight excluding hydrogens is 410 g/mol. The van der Waals surface area contributed by atoms with Gasteiger partial charge in [0.25, 0.3) is 0 Å². The summed E-state index contributed by atoms with van der Waals surface area (Å²) in [4.78, 5) is 0. The monoisotopic (exact) mass is 419 g/mol. The molecule has 0 spiro atoms. The predicted molar refractivity (Wildman–Crippen MR) is 36.3 cm³/mol. The molecule has 0 saturated carbocycles. The zero-order valence-corrected chi connectivity index (χ0v) is 10.9. The van der Waals surface area contributed by atoms with Crippen LogP contribution in [-0.2, 0) is 27.5 Å². The Bertz CT molecular complexity index is 100. The summed E-state index contributed by atoms with van der Waals surface area (Å²) in [5.74, 6) is 0. The molecule has 0 aliphatic carbocycles. The van der Waals surface area contributed by atoms with Gasteiger partial charge < -0.3 is 5.48 Å². The van der Waals surface area contributed by atoms with E-state index in [0.717, 1.165) is 0 Å². The molecule has 0 bridgehead atoms. The van der Waals surface area contributed by atoms with Crippen molar-refractivity contribution in [3.8, 4) is 0 Å². The van der Waals surface area contributed by atoms with Gasteiger partial charge in [0, 0.05) is 17.1 Å². The van der Waals surface area contributed by atoms with E-state index in [-0.39, 0.29) is 67.2 Å². The minimum atomic E-state index is -4.67. The van der Waals surface area contributed by atoms with Crippen molar-refractivity contribution in [1.29, 1.82) is 0 Å². The summed E-state index contributed by atoms with van der Waals surface area (Å²) in [5.41, 5.74) is 0. The normalized spacial score (nSPS) is 6.44. The van der Waals surface area contributed by atoms with Crippen molar-refractivity contribution >= 4 is 55.1 Å². The summed E-state index contributed by atoms with van der Waals surface area (Å²) in [5, 5.41) is 0. The van der Waals surface area contributed by atoms with Gasteiger partial charge in [-0.05, 0) is 0 Å². The first-order valence-electron chi connectivity index (χ1n) is 0.698. The molecule has 0 rings (SSSR count). The molecule has 0 amide bonds. The van der Waals surface area contributed by atoms with Crippen molar-refractivity contribution in [3.63, 3.8) is 0 Å². The Labute approximate surface area is 94.2 Å². The van der Waals surface area contributed by atoms with Crippen LogP contribution in [0.2, 0.25) is 0 Å². The molecule has 0 atom stereocenters. The molecule has 3 radical (unpaired) electrons. The van der Waals surface area contributed by atoms with E-state index in [4.69, 9.17) is 17.5 Å². The van der Waals surface area contributed by atoms with E-state index < -0.39 is 10.4 Å². The Hall–Kier alpha value is 1.80. The van der Waals surface area contributed by atoms with Gasteiger partial charge >= 0.3 is 37.7 Å². The van der Waals surface area contributed by atoms with Gasteiger partial charge in [-0.25, -0.2) is 0 Å². The number of hydrogen-bond acceptors (Lipinski definition) is 2. The third-order valence-electron chi connectivity index (χ3n) is 0. The first-order chi connectivity index (χ1) is 2.00. The Balaban J connectivity index is -0.0000000133. The molecule has 0 saturated heterocycles. The molecule has 0 aromatic rings. The second-order valence-corrected chi connectivity index (χ2v) is 1.34. The SMILES string of the molecule is O.O=S(=O)(O)O.[AlH3].[Cu].[PbH2]. The fourth-order valence-electron chi connectivity index (χ4n) is 0. The second-order valence-electron chi connectivity index (χ2n) is 0.448. The van der Waals surface area contributed by atoms with Crippen molar-refractivity contribution < 1.29 is 40.1 Å². The molecule has 0 fully saturated rings. The minimum absolute atomic E-state index is 0. The molecule has 0 heterocycles. The van der Waals surface area contributed by atoms with Crippen LogP contribution in [0, 0.1) is 0 Å². The molecular formula is H9AlCuO5PbS. The molecule has 9 heavy (non-hydrogen) atoms. The summed E-state index contributed by atoms with van der Waals surface area (Å²) in [6.45, 7) is 0. The van der Waals surface area contributed by atoms with Crippen molar-refractivity contribution in [2.75, 3.05) is 0 Å². The van der Waals surface area contributed by atoms with E-state index in [1.54, 1.807) is 0 Å². The van der Waals surface area contributed by atoms with Gasteiger partial charge in [-0.15, -0.1) is 0 Å². The van der Waals surface area contributed by atoms with Crippen LogP contribution in [0.3, 0.4) is 0 Å². The van der Waals surface area contributed by atoms with Gasteiger partial charge in [-0.3, -0.25) is 9.11 Å². The Morgan fingerprint density at radius 3 is 1.11 bits per heavy atom. The van der Waals surface area contributed by atoms with E-state index in [1.807, 2.05) is 0 Å². The second kappa shape index (κ2) is 12.5. The first-order valence-corrected chi connectivity index (χ1v) is 2.10. The summed E-state index contributed by atoms with van der Waals surface area (Å²) >= 11 is 0. The predicted octanol–water partition coefficient (Wildman–Crippen LogP) is -3.58. The number of hydrogen-bond donors (Lipinski definition) is 2. The maximum atomic E-state index is 8.74. The zero-order chi connectivity index (χ0) is 4.50. The van der Waals surface area contributed by atoms with E-state index in [0.29, 0.717) is 0 Å². The van der Waals surface area contributed by atoms with Crippen molar-refractivity contribution in [2.45, 2.75) is 0 Å². The van der Waals surface area contributed by atoms with E-state index in [2.05, 4.69) is 0 Å². The van der Waals surface area contributed by atoms with Gasteiger partial charge in [0.1, 0.15) is 0 Å². The molecule has 0 aromatic carbocycles. The summed E-state index contributed by atoms with van der Waals surface area (Å²) in [7, 11) is -4.67. The fraction of sp³-hybridized carbons (Fsp3) is 0. The Kier molecular flexibility index (Phi) is 42.7. The molecule has 0 unspecified atom stereocenters. The average molecular weight is 419 g/mol. The molecule has 63 valence electrons. The summed E-state index contributed by atoms with van der Waals surface area (Å²) in [6.07, 6.45) is 0. The van der Waals surface area contributed by atoms with Crippen molar-refractivity contribution in [1.82, 2.24) is 0 Å². The fourth-order valence-corrected chi connectivity index (χ4v) is 0. The maximum absolute atomic E-state index is 8.74. The van der Waals surface area contributed by atoms with Gasteiger partial charge in [0.15, 0.2) is 17.4 Å². The Morgan fingerprint density at radius 1 is 1.11 bits per heavy atom. The third-order valence-corrected chi connectivity index (χ3v) is 0. The Morgan fingerprint density at radius 2 is 1.11 bits per heavy atom. The van der Waals surface area contributed by atoms with Crippen molar-refractivity contribution in [2.24, 2.45) is 0 Å². The molecule has 0 aromatic heterocycles. The summed E-state index contributed by atoms with van der Waals surface area (Å²) < 4.78 is 31.6. The van der Waals surface area contributed by atoms with Gasteiger partial charge in [-0.2, -0.15) is 8.42 Å². The first kappa shape index (κ1) is 30.8. The van der Waals surface area contributed by atoms with Crippen LogP contribution in [-0.4, -0.2) is 67.7 Å². The molecule has 0 aliphatic heterocycles. The van der Waals surface area contributed by atoms with Crippen LogP contribution in [0.15, 0.2) is 0 Å². The zero-order valence-electron chi connectivity index (χ0n) is 3.63. The third kappa shape index (κ3) is 183. The van der Waals surface area contributed by atoms with E-state index >= 15 is 0 Å². The molecule has 5 nitrogen and oxygen atoms in total. The summed E-state index contributed by atoms with van der Waals surface area (Å²) in [6, 6.07) is 0. The quantitative estimate of drug-likeness (QED) is 0.313. The van der Waals surface area contributed by atoms with Gasteiger partial charge in [-0.1, -0.05) is 0 Å². The molecule has 9 heteroatoms. The van der Waals surface area contributed by atoms with Crippen LogP contribution in [0.1, 0.15) is 0 Å². The topological polar surface area (TPSA) is 106 Å². The standard InChI is InChI=1S/Al.Cu.H2O4S.H2O.Pb.5H/c;;1-5(2,3)4;;;;;;;/h;;(H2,1,2,3,4);1H2;;;;;;. The van der Waals surface area contributed by atoms with Gasteiger partial charge in [0.05, 0.1) is 0 Å². The average Bonchev–Trinajstić information content (AvgIpc) is 0.722. The molecule has 0 aliphatic rings. The number of rotatable bonds is 0. The van der Waals surface area contributed by atoms with Crippen LogP contribution in [0.25, 0.3) is 0 Å². The van der Waals surface area contributed by atoms with Gasteiger partial charge in [0.2, 0.25) is 0 Å². The van der Waals surface area contributed by atoms with E-state index in [1.165, 1.54) is 0 Å². The van der Waals surface area contributed by atoms with Crippen LogP contribution >= 0.6 is 0 Å². The van der Waals surface area contributed by atoms with Crippen LogP contribution in [0.5, 0.6) is 0 Å². The van der Waals surface area contributed by atoms with E-state index in [9.17, 15) is 0 Å². The molecule has 4 N–H and O–H groups in total. The van der Waals surface area contributed by atoms with Crippen molar-refractivity contribution in [3.05, 3.63) is 0 Å². The van der Waals surface area contributed by atoms with Crippen LogP contribution < -0.4 is 0 Å². The van der Waals surface area contributed by atoms with Crippen LogP contribution in [0.4, 0.5) is 0 Å².